The lowest BCUT2D eigenvalue weighted by Crippen LogP contribution is -2.45. The van der Waals surface area contributed by atoms with Crippen LogP contribution in [0.3, 0.4) is 0 Å². The molecule has 4 rings (SSSR count). The molecule has 1 saturated heterocycles. The molecule has 2 N–H and O–H groups in total. The van der Waals surface area contributed by atoms with E-state index in [9.17, 15) is 4.79 Å². The van der Waals surface area contributed by atoms with E-state index in [1.54, 1.807) is 30.3 Å². The molecule has 0 radical (unpaired) electrons. The first-order chi connectivity index (χ1) is 15.0. The number of piperidine rings is 1. The monoisotopic (exact) mass is 478 g/mol. The van der Waals surface area contributed by atoms with Gasteiger partial charge in [-0.2, -0.15) is 5.10 Å². The summed E-state index contributed by atoms with van der Waals surface area (Å²) in [6, 6.07) is 12.4. The highest BCUT2D eigenvalue weighted by molar-refractivity contribution is 6.35. The third-order valence-electron chi connectivity index (χ3n) is 5.07. The van der Waals surface area contributed by atoms with Gasteiger partial charge in [0.15, 0.2) is 11.4 Å². The van der Waals surface area contributed by atoms with Crippen LogP contribution in [0.2, 0.25) is 15.1 Å². The number of hydrogen-bond donors (Lipinski definition) is 2. The Bertz CT molecular complexity index is 1060. The van der Waals surface area contributed by atoms with Crippen LogP contribution in [-0.2, 0) is 6.61 Å². The lowest BCUT2D eigenvalue weighted by molar-refractivity contribution is 0.0740. The van der Waals surface area contributed by atoms with Crippen LogP contribution < -0.4 is 10.2 Å². The first-order valence-electron chi connectivity index (χ1n) is 9.98. The number of halogens is 3. The predicted octanol–water partition coefficient (Wildman–Crippen LogP) is 5.75. The molecule has 1 aliphatic heterocycles. The largest absolute Gasteiger partial charge is 0.484 e. The summed E-state index contributed by atoms with van der Waals surface area (Å²) in [5.74, 6) is 0.0506. The summed E-state index contributed by atoms with van der Waals surface area (Å²) in [5, 5.41) is 10.8. The number of aromatic amines is 1. The second-order valence-electron chi connectivity index (χ2n) is 7.30. The number of carbonyl (C=O) groups excluding carboxylic acids is 1. The van der Waals surface area contributed by atoms with Crippen molar-refractivity contribution in [3.8, 4) is 17.0 Å². The van der Waals surface area contributed by atoms with E-state index in [-0.39, 0.29) is 18.2 Å². The smallest absolute Gasteiger partial charge is 0.287 e. The van der Waals surface area contributed by atoms with Gasteiger partial charge in [-0.15, -0.1) is 0 Å². The van der Waals surface area contributed by atoms with Crippen LogP contribution >= 0.6 is 34.8 Å². The summed E-state index contributed by atoms with van der Waals surface area (Å²) in [6.07, 6.45) is 3.28. The molecule has 0 aliphatic carbocycles. The summed E-state index contributed by atoms with van der Waals surface area (Å²) in [5.41, 5.74) is 5.23. The van der Waals surface area contributed by atoms with Crippen LogP contribution in [0.5, 0.6) is 5.75 Å². The number of ether oxygens (including phenoxy) is 1. The number of H-pyrrole nitrogens is 1. The zero-order valence-corrected chi connectivity index (χ0v) is 18.9. The van der Waals surface area contributed by atoms with E-state index in [0.717, 1.165) is 37.1 Å². The number of hydrazine groups is 1. The molecule has 2 heterocycles. The first kappa shape index (κ1) is 22.0. The number of carbonyl (C=O) groups is 1. The van der Waals surface area contributed by atoms with Gasteiger partial charge in [-0.1, -0.05) is 59.4 Å². The molecular weight excluding hydrogens is 459 g/mol. The predicted molar refractivity (Wildman–Crippen MR) is 123 cm³/mol. The summed E-state index contributed by atoms with van der Waals surface area (Å²) < 4.78 is 6.08. The van der Waals surface area contributed by atoms with E-state index in [4.69, 9.17) is 39.5 Å². The van der Waals surface area contributed by atoms with Crippen LogP contribution in [0.15, 0.2) is 42.5 Å². The average Bonchev–Trinajstić information content (AvgIpc) is 3.18. The van der Waals surface area contributed by atoms with Gasteiger partial charge in [0.1, 0.15) is 12.3 Å². The minimum absolute atomic E-state index is 0.153. The number of nitrogens with zero attached hydrogens (tertiary/aromatic N) is 2. The van der Waals surface area contributed by atoms with Crippen LogP contribution in [0, 0.1) is 0 Å². The Morgan fingerprint density at radius 1 is 1.03 bits per heavy atom. The quantitative estimate of drug-likeness (QED) is 0.472. The third-order valence-corrected chi connectivity index (χ3v) is 5.91. The van der Waals surface area contributed by atoms with E-state index in [1.807, 2.05) is 17.1 Å². The van der Waals surface area contributed by atoms with E-state index in [0.29, 0.717) is 26.5 Å². The van der Waals surface area contributed by atoms with Crippen molar-refractivity contribution in [1.29, 1.82) is 0 Å². The highest BCUT2D eigenvalue weighted by atomic mass is 35.5. The van der Waals surface area contributed by atoms with Gasteiger partial charge >= 0.3 is 0 Å². The fourth-order valence-electron chi connectivity index (χ4n) is 3.42. The molecule has 1 fully saturated rings. The number of nitrogens with one attached hydrogen (secondary N) is 2. The molecule has 31 heavy (non-hydrogen) atoms. The van der Waals surface area contributed by atoms with Crippen molar-refractivity contribution < 1.29 is 9.53 Å². The van der Waals surface area contributed by atoms with Crippen molar-refractivity contribution in [1.82, 2.24) is 20.6 Å². The molecule has 1 amide bonds. The lowest BCUT2D eigenvalue weighted by Gasteiger charge is -2.26. The highest BCUT2D eigenvalue weighted by Crippen LogP contribution is 2.33. The maximum atomic E-state index is 13.0. The number of rotatable bonds is 6. The number of hydrogen-bond acceptors (Lipinski definition) is 4. The Balaban J connectivity index is 1.62. The molecule has 1 aliphatic rings. The van der Waals surface area contributed by atoms with Crippen LogP contribution in [0.4, 0.5) is 0 Å². The molecule has 6 nitrogen and oxygen atoms in total. The molecule has 9 heteroatoms. The minimum atomic E-state index is -0.299. The Morgan fingerprint density at radius 3 is 2.45 bits per heavy atom. The molecule has 0 spiro atoms. The summed E-state index contributed by atoms with van der Waals surface area (Å²) in [6.45, 7) is 1.79. The van der Waals surface area contributed by atoms with Gasteiger partial charge in [-0.25, -0.2) is 5.01 Å². The van der Waals surface area contributed by atoms with Crippen molar-refractivity contribution in [2.45, 2.75) is 25.9 Å². The maximum Gasteiger partial charge on any atom is 0.287 e. The Morgan fingerprint density at radius 2 is 1.74 bits per heavy atom. The number of amides is 1. The highest BCUT2D eigenvalue weighted by Gasteiger charge is 2.24. The normalized spacial score (nSPS) is 14.4. The third kappa shape index (κ3) is 5.33. The van der Waals surface area contributed by atoms with Crippen molar-refractivity contribution >= 4 is 40.7 Å². The van der Waals surface area contributed by atoms with Crippen LogP contribution in [-0.4, -0.2) is 34.2 Å². The van der Waals surface area contributed by atoms with E-state index in [2.05, 4.69) is 15.6 Å². The zero-order chi connectivity index (χ0) is 21.8. The lowest BCUT2D eigenvalue weighted by atomic mass is 10.1. The zero-order valence-electron chi connectivity index (χ0n) is 16.6. The molecule has 2 aromatic carbocycles. The van der Waals surface area contributed by atoms with Crippen molar-refractivity contribution in [3.05, 3.63) is 68.8 Å². The standard InChI is InChI=1S/C22H21Cl3N4O2/c23-16-7-4-14(5-8-16)19-21(31-13-15-6-9-17(24)12-18(15)25)20(27-26-19)22(30)28-29-10-2-1-3-11-29/h4-9,12H,1-3,10-11,13H2,(H,26,27)(H,28,30). The molecule has 162 valence electrons. The van der Waals surface area contributed by atoms with Crippen molar-refractivity contribution in [3.63, 3.8) is 0 Å². The maximum absolute atomic E-state index is 13.0. The SMILES string of the molecule is O=C(NN1CCCCC1)c1[nH]nc(-c2ccc(Cl)cc2)c1OCc1ccc(Cl)cc1Cl. The van der Waals surface area contributed by atoms with Gasteiger partial charge in [0.25, 0.3) is 5.91 Å². The van der Waals surface area contributed by atoms with E-state index >= 15 is 0 Å². The van der Waals surface area contributed by atoms with Gasteiger partial charge in [0, 0.05) is 39.3 Å². The summed E-state index contributed by atoms with van der Waals surface area (Å²) in [7, 11) is 0. The van der Waals surface area contributed by atoms with Crippen molar-refractivity contribution in [2.24, 2.45) is 0 Å². The Hall–Kier alpha value is -2.25. The van der Waals surface area contributed by atoms with Gasteiger partial charge in [0.05, 0.1) is 0 Å². The van der Waals surface area contributed by atoms with Gasteiger partial charge in [-0.3, -0.25) is 15.3 Å². The number of aromatic nitrogens is 2. The van der Waals surface area contributed by atoms with Crippen LogP contribution in [0.25, 0.3) is 11.3 Å². The molecule has 0 bridgehead atoms. The Labute approximate surface area is 195 Å². The molecular formula is C22H21Cl3N4O2. The van der Waals surface area contributed by atoms with E-state index < -0.39 is 0 Å². The molecule has 3 aromatic rings. The Kier molecular flexibility index (Phi) is 7.02. The summed E-state index contributed by atoms with van der Waals surface area (Å²) >= 11 is 18.3. The molecule has 0 atom stereocenters. The fourth-order valence-corrected chi connectivity index (χ4v) is 4.01. The molecule has 0 saturated carbocycles. The molecule has 0 unspecified atom stereocenters. The van der Waals surface area contributed by atoms with Gasteiger partial charge in [0.2, 0.25) is 0 Å². The van der Waals surface area contributed by atoms with Crippen molar-refractivity contribution in [2.75, 3.05) is 13.1 Å². The summed E-state index contributed by atoms with van der Waals surface area (Å²) in [4.78, 5) is 13.0. The first-order valence-corrected chi connectivity index (χ1v) is 11.1. The van der Waals surface area contributed by atoms with Crippen LogP contribution in [0.1, 0.15) is 35.3 Å². The van der Waals surface area contributed by atoms with Gasteiger partial charge in [-0.05, 0) is 37.1 Å². The fraction of sp³-hybridized carbons (Fsp3) is 0.273. The topological polar surface area (TPSA) is 70.2 Å². The second kappa shape index (κ2) is 9.92. The minimum Gasteiger partial charge on any atom is -0.484 e. The van der Waals surface area contributed by atoms with E-state index in [1.165, 1.54) is 6.42 Å². The average molecular weight is 480 g/mol. The number of benzene rings is 2. The van der Waals surface area contributed by atoms with Gasteiger partial charge < -0.3 is 4.74 Å². The molecule has 1 aromatic heterocycles. The second-order valence-corrected chi connectivity index (χ2v) is 8.58.